The highest BCUT2D eigenvalue weighted by Gasteiger charge is 2.42. The highest BCUT2D eigenvalue weighted by molar-refractivity contribution is 6.30. The maximum Gasteiger partial charge on any atom is 0.311 e. The van der Waals surface area contributed by atoms with Gasteiger partial charge in [-0.25, -0.2) is 0 Å². The number of ether oxygens (including phenoxy) is 1. The summed E-state index contributed by atoms with van der Waals surface area (Å²) in [5.74, 6) is 0.173. The number of rotatable bonds is 4. The molecule has 1 fully saturated rings. The summed E-state index contributed by atoms with van der Waals surface area (Å²) in [6.45, 7) is 2.34. The fourth-order valence-corrected chi connectivity index (χ4v) is 3.00. The third kappa shape index (κ3) is 3.77. The highest BCUT2D eigenvalue weighted by atomic mass is 35.5. The molecule has 0 radical (unpaired) electrons. The van der Waals surface area contributed by atoms with E-state index >= 15 is 0 Å². The molecule has 5 nitrogen and oxygen atoms in total. The summed E-state index contributed by atoms with van der Waals surface area (Å²) in [4.78, 5) is 25.4. The van der Waals surface area contributed by atoms with Crippen molar-refractivity contribution >= 4 is 23.5 Å². The average Bonchev–Trinajstić information content (AvgIpc) is 2.99. The summed E-state index contributed by atoms with van der Waals surface area (Å²) in [6, 6.07) is 13.8. The van der Waals surface area contributed by atoms with Crippen molar-refractivity contribution in [2.24, 2.45) is 5.41 Å². The first-order valence-corrected chi connectivity index (χ1v) is 8.31. The van der Waals surface area contributed by atoms with E-state index in [1.807, 2.05) is 0 Å². The van der Waals surface area contributed by atoms with E-state index in [0.717, 1.165) is 0 Å². The fraction of sp³-hybridized carbons (Fsp3) is 0.263. The quantitative estimate of drug-likeness (QED) is 0.893. The SMILES string of the molecule is CC1(C(=O)O)CCN(C(=O)c2ccc(Oc3cccc(Cl)c3)cc2)C1. The molecular formula is C19H18ClNO4. The van der Waals surface area contributed by atoms with Crippen LogP contribution in [0.2, 0.25) is 5.02 Å². The zero-order valence-corrected chi connectivity index (χ0v) is 14.5. The molecular weight excluding hydrogens is 342 g/mol. The number of likely N-dealkylation sites (tertiary alicyclic amines) is 1. The molecule has 25 heavy (non-hydrogen) atoms. The van der Waals surface area contributed by atoms with Gasteiger partial charge in [0.1, 0.15) is 11.5 Å². The number of carboxylic acids is 1. The Morgan fingerprint density at radius 2 is 1.88 bits per heavy atom. The Kier molecular flexibility index (Phi) is 4.68. The number of hydrogen-bond acceptors (Lipinski definition) is 3. The minimum atomic E-state index is -0.870. The minimum absolute atomic E-state index is 0.167. The molecule has 0 aromatic heterocycles. The summed E-state index contributed by atoms with van der Waals surface area (Å²) in [5, 5.41) is 9.86. The van der Waals surface area contributed by atoms with E-state index in [2.05, 4.69) is 0 Å². The van der Waals surface area contributed by atoms with Gasteiger partial charge in [0.25, 0.3) is 5.91 Å². The molecule has 1 aliphatic heterocycles. The van der Waals surface area contributed by atoms with Crippen LogP contribution in [0.5, 0.6) is 11.5 Å². The lowest BCUT2D eigenvalue weighted by atomic mass is 9.90. The summed E-state index contributed by atoms with van der Waals surface area (Å²) >= 11 is 5.92. The zero-order chi connectivity index (χ0) is 18.0. The Morgan fingerprint density at radius 3 is 2.48 bits per heavy atom. The van der Waals surface area contributed by atoms with E-state index in [0.29, 0.717) is 35.1 Å². The molecule has 1 saturated heterocycles. The molecule has 1 N–H and O–H groups in total. The van der Waals surface area contributed by atoms with Crippen LogP contribution in [-0.2, 0) is 4.79 Å². The van der Waals surface area contributed by atoms with E-state index in [1.165, 1.54) is 0 Å². The maximum atomic E-state index is 12.5. The molecule has 6 heteroatoms. The van der Waals surface area contributed by atoms with Crippen molar-refractivity contribution in [3.63, 3.8) is 0 Å². The molecule has 2 aromatic rings. The van der Waals surface area contributed by atoms with Crippen molar-refractivity contribution in [3.05, 3.63) is 59.1 Å². The predicted octanol–water partition coefficient (Wildman–Crippen LogP) is 4.07. The number of amides is 1. The van der Waals surface area contributed by atoms with E-state index in [1.54, 1.807) is 60.4 Å². The Labute approximate surface area is 150 Å². The van der Waals surface area contributed by atoms with Crippen LogP contribution < -0.4 is 4.74 Å². The van der Waals surface area contributed by atoms with Crippen LogP contribution in [-0.4, -0.2) is 35.0 Å². The average molecular weight is 360 g/mol. The second-order valence-electron chi connectivity index (χ2n) is 6.43. The van der Waals surface area contributed by atoms with Gasteiger partial charge < -0.3 is 14.7 Å². The minimum Gasteiger partial charge on any atom is -0.481 e. The lowest BCUT2D eigenvalue weighted by Crippen LogP contribution is -2.34. The molecule has 0 bridgehead atoms. The van der Waals surface area contributed by atoms with Gasteiger partial charge in [0.05, 0.1) is 5.41 Å². The van der Waals surface area contributed by atoms with Crippen LogP contribution in [0.3, 0.4) is 0 Å². The van der Waals surface area contributed by atoms with Gasteiger partial charge in [0.2, 0.25) is 0 Å². The topological polar surface area (TPSA) is 66.8 Å². The van der Waals surface area contributed by atoms with Gasteiger partial charge in [0.15, 0.2) is 0 Å². The number of nitrogens with zero attached hydrogens (tertiary/aromatic N) is 1. The molecule has 1 aliphatic rings. The van der Waals surface area contributed by atoms with Crippen molar-refractivity contribution in [2.45, 2.75) is 13.3 Å². The first-order chi connectivity index (χ1) is 11.9. The number of hydrogen-bond donors (Lipinski definition) is 1. The number of carbonyl (C=O) groups is 2. The third-order valence-electron chi connectivity index (χ3n) is 4.41. The zero-order valence-electron chi connectivity index (χ0n) is 13.7. The molecule has 3 rings (SSSR count). The third-order valence-corrected chi connectivity index (χ3v) is 4.65. The van der Waals surface area contributed by atoms with Gasteiger partial charge >= 0.3 is 5.97 Å². The molecule has 2 aromatic carbocycles. The van der Waals surface area contributed by atoms with Crippen LogP contribution in [0.25, 0.3) is 0 Å². The van der Waals surface area contributed by atoms with Crippen LogP contribution in [0.1, 0.15) is 23.7 Å². The van der Waals surface area contributed by atoms with Crippen molar-refractivity contribution in [3.8, 4) is 11.5 Å². The molecule has 1 unspecified atom stereocenters. The van der Waals surface area contributed by atoms with Gasteiger partial charge in [0, 0.05) is 23.7 Å². The van der Waals surface area contributed by atoms with Gasteiger partial charge in [-0.3, -0.25) is 9.59 Å². The normalized spacial score (nSPS) is 19.7. The Hall–Kier alpha value is -2.53. The summed E-state index contributed by atoms with van der Waals surface area (Å²) in [6.07, 6.45) is 0.462. The summed E-state index contributed by atoms with van der Waals surface area (Å²) in [7, 11) is 0. The molecule has 0 saturated carbocycles. The summed E-state index contributed by atoms with van der Waals surface area (Å²) in [5.41, 5.74) is -0.362. The Bertz CT molecular complexity index is 805. The van der Waals surface area contributed by atoms with Crippen LogP contribution in [0.15, 0.2) is 48.5 Å². The van der Waals surface area contributed by atoms with Gasteiger partial charge in [-0.2, -0.15) is 0 Å². The van der Waals surface area contributed by atoms with Crippen molar-refractivity contribution < 1.29 is 19.4 Å². The Balaban J connectivity index is 1.68. The van der Waals surface area contributed by atoms with Gasteiger partial charge in [-0.15, -0.1) is 0 Å². The second-order valence-corrected chi connectivity index (χ2v) is 6.86. The van der Waals surface area contributed by atoms with Crippen molar-refractivity contribution in [2.75, 3.05) is 13.1 Å². The van der Waals surface area contributed by atoms with E-state index in [-0.39, 0.29) is 12.5 Å². The van der Waals surface area contributed by atoms with Crippen molar-refractivity contribution in [1.29, 1.82) is 0 Å². The number of halogens is 1. The van der Waals surface area contributed by atoms with Crippen LogP contribution >= 0.6 is 11.6 Å². The maximum absolute atomic E-state index is 12.5. The van der Waals surface area contributed by atoms with Crippen LogP contribution in [0.4, 0.5) is 0 Å². The first kappa shape index (κ1) is 17.3. The smallest absolute Gasteiger partial charge is 0.311 e. The lowest BCUT2D eigenvalue weighted by Gasteiger charge is -2.20. The first-order valence-electron chi connectivity index (χ1n) is 7.93. The Morgan fingerprint density at radius 1 is 1.16 bits per heavy atom. The molecule has 1 heterocycles. The molecule has 1 atom stereocenters. The molecule has 0 spiro atoms. The van der Waals surface area contributed by atoms with E-state index < -0.39 is 11.4 Å². The van der Waals surface area contributed by atoms with Crippen LogP contribution in [0, 0.1) is 5.41 Å². The fourth-order valence-electron chi connectivity index (χ4n) is 2.82. The van der Waals surface area contributed by atoms with Gasteiger partial charge in [-0.05, 0) is 55.8 Å². The van der Waals surface area contributed by atoms with E-state index in [9.17, 15) is 14.7 Å². The lowest BCUT2D eigenvalue weighted by molar-refractivity contribution is -0.147. The number of aliphatic carboxylic acids is 1. The molecule has 130 valence electrons. The highest BCUT2D eigenvalue weighted by Crippen LogP contribution is 2.31. The molecule has 0 aliphatic carbocycles. The molecule has 1 amide bonds. The number of carboxylic acid groups (broad SMARTS) is 1. The van der Waals surface area contributed by atoms with E-state index in [4.69, 9.17) is 16.3 Å². The number of benzene rings is 2. The second kappa shape index (κ2) is 6.76. The largest absolute Gasteiger partial charge is 0.481 e. The van der Waals surface area contributed by atoms with Gasteiger partial charge in [-0.1, -0.05) is 17.7 Å². The van der Waals surface area contributed by atoms with Crippen molar-refractivity contribution in [1.82, 2.24) is 4.90 Å². The standard InChI is InChI=1S/C19H18ClNO4/c1-19(18(23)24)9-10-21(12-19)17(22)13-5-7-15(8-6-13)25-16-4-2-3-14(20)11-16/h2-8,11H,9-10,12H2,1H3,(H,23,24). The monoisotopic (exact) mass is 359 g/mol. The number of carbonyl (C=O) groups excluding carboxylic acids is 1. The predicted molar refractivity (Wildman–Crippen MR) is 94.2 cm³/mol. The summed E-state index contributed by atoms with van der Waals surface area (Å²) < 4.78 is 5.70.